The molecular formula is C27H21F3N2O3S. The van der Waals surface area contributed by atoms with Crippen molar-refractivity contribution in [3.05, 3.63) is 94.0 Å². The van der Waals surface area contributed by atoms with Crippen LogP contribution in [0.5, 0.6) is 0 Å². The number of thioether (sulfide) groups is 1. The fraction of sp³-hybridized carbons (Fsp3) is 0.185. The molecule has 3 aromatic carbocycles. The number of pyridine rings is 1. The van der Waals surface area contributed by atoms with Crippen molar-refractivity contribution in [1.82, 2.24) is 4.98 Å². The molecule has 1 aliphatic heterocycles. The first kappa shape index (κ1) is 24.0. The molecule has 1 aliphatic rings. The number of rotatable bonds is 6. The van der Waals surface area contributed by atoms with E-state index in [-0.39, 0.29) is 33.6 Å². The first-order chi connectivity index (χ1) is 17.3. The van der Waals surface area contributed by atoms with Gasteiger partial charge in [-0.2, -0.15) is 0 Å². The highest BCUT2D eigenvalue weighted by atomic mass is 32.2. The van der Waals surface area contributed by atoms with Crippen molar-refractivity contribution in [3.63, 3.8) is 0 Å². The van der Waals surface area contributed by atoms with Crippen LogP contribution in [-0.4, -0.2) is 34.9 Å². The maximum atomic E-state index is 15.7. The Hall–Kier alpha value is -3.72. The number of carbonyl (C=O) groups is 1. The molecule has 9 heteroatoms. The summed E-state index contributed by atoms with van der Waals surface area (Å²) in [5.41, 5.74) is -1.28. The number of carboxylic acids is 1. The van der Waals surface area contributed by atoms with Crippen molar-refractivity contribution in [1.29, 1.82) is 0 Å². The van der Waals surface area contributed by atoms with Gasteiger partial charge in [0.2, 0.25) is 5.43 Å². The van der Waals surface area contributed by atoms with Crippen LogP contribution in [0.4, 0.5) is 18.9 Å². The van der Waals surface area contributed by atoms with E-state index < -0.39 is 34.4 Å². The summed E-state index contributed by atoms with van der Waals surface area (Å²) in [5, 5.41) is 9.10. The van der Waals surface area contributed by atoms with E-state index >= 15 is 4.39 Å². The number of aromatic amines is 1. The molecule has 1 unspecified atom stereocenters. The topological polar surface area (TPSA) is 73.4 Å². The first-order valence-electron chi connectivity index (χ1n) is 11.3. The van der Waals surface area contributed by atoms with E-state index in [0.717, 1.165) is 35.4 Å². The summed E-state index contributed by atoms with van der Waals surface area (Å²) < 4.78 is 44.4. The predicted octanol–water partition coefficient (Wildman–Crippen LogP) is 5.93. The molecule has 1 atom stereocenters. The number of nitrogens with one attached hydrogen (secondary N) is 1. The number of aromatic carboxylic acids is 1. The number of anilines is 1. The Morgan fingerprint density at radius 2 is 1.86 bits per heavy atom. The van der Waals surface area contributed by atoms with Gasteiger partial charge in [-0.15, -0.1) is 11.8 Å². The van der Waals surface area contributed by atoms with Gasteiger partial charge < -0.3 is 15.0 Å². The average Bonchev–Trinajstić information content (AvgIpc) is 3.32. The number of fused-ring (bicyclic) bond motifs is 1. The van der Waals surface area contributed by atoms with Gasteiger partial charge >= 0.3 is 5.97 Å². The third-order valence-electron chi connectivity index (χ3n) is 6.37. The predicted molar refractivity (Wildman–Crippen MR) is 134 cm³/mol. The highest BCUT2D eigenvalue weighted by Gasteiger charge is 2.30. The van der Waals surface area contributed by atoms with Gasteiger partial charge in [0.05, 0.1) is 16.6 Å². The Bertz CT molecular complexity index is 1520. The fourth-order valence-corrected chi connectivity index (χ4v) is 5.70. The zero-order valence-corrected chi connectivity index (χ0v) is 19.7. The van der Waals surface area contributed by atoms with E-state index in [0.29, 0.717) is 19.2 Å². The molecule has 0 amide bonds. The maximum Gasteiger partial charge on any atom is 0.341 e. The van der Waals surface area contributed by atoms with Crippen molar-refractivity contribution < 1.29 is 23.1 Å². The van der Waals surface area contributed by atoms with E-state index in [9.17, 15) is 23.5 Å². The number of nitrogens with zero attached hydrogens (tertiary/aromatic N) is 1. The molecule has 0 aliphatic carbocycles. The molecule has 1 saturated heterocycles. The molecule has 2 heterocycles. The Kier molecular flexibility index (Phi) is 6.49. The van der Waals surface area contributed by atoms with Crippen LogP contribution in [0.25, 0.3) is 22.0 Å². The largest absolute Gasteiger partial charge is 0.477 e. The smallest absolute Gasteiger partial charge is 0.341 e. The summed E-state index contributed by atoms with van der Waals surface area (Å²) in [5.74, 6) is -2.89. The van der Waals surface area contributed by atoms with Crippen LogP contribution in [0.3, 0.4) is 0 Å². The lowest BCUT2D eigenvalue weighted by Gasteiger charge is -2.24. The summed E-state index contributed by atoms with van der Waals surface area (Å²) in [7, 11) is 0. The van der Waals surface area contributed by atoms with Crippen molar-refractivity contribution in [2.75, 3.05) is 23.7 Å². The van der Waals surface area contributed by atoms with Gasteiger partial charge in [-0.25, -0.2) is 18.0 Å². The van der Waals surface area contributed by atoms with Gasteiger partial charge in [-0.1, -0.05) is 18.2 Å². The van der Waals surface area contributed by atoms with Gasteiger partial charge in [0.25, 0.3) is 0 Å². The second-order valence-corrected chi connectivity index (χ2v) is 9.78. The fourth-order valence-electron chi connectivity index (χ4n) is 4.65. The lowest BCUT2D eigenvalue weighted by molar-refractivity contribution is 0.0695. The minimum absolute atomic E-state index is 0.0629. The van der Waals surface area contributed by atoms with Crippen molar-refractivity contribution in [3.8, 4) is 11.1 Å². The molecule has 1 aromatic heterocycles. The number of benzene rings is 3. The van der Waals surface area contributed by atoms with Crippen LogP contribution in [0.1, 0.15) is 16.8 Å². The molecule has 1 fully saturated rings. The number of H-pyrrole nitrogens is 1. The summed E-state index contributed by atoms with van der Waals surface area (Å²) in [6, 6.07) is 13.9. The van der Waals surface area contributed by atoms with Gasteiger partial charge in [0.1, 0.15) is 23.0 Å². The van der Waals surface area contributed by atoms with Crippen LogP contribution < -0.4 is 10.3 Å². The molecule has 36 heavy (non-hydrogen) atoms. The van der Waals surface area contributed by atoms with E-state index in [1.807, 2.05) is 35.2 Å². The molecule has 0 bridgehead atoms. The van der Waals surface area contributed by atoms with Gasteiger partial charge in [-0.05, 0) is 42.7 Å². The molecular weight excluding hydrogens is 489 g/mol. The van der Waals surface area contributed by atoms with Crippen molar-refractivity contribution >= 4 is 34.3 Å². The third kappa shape index (κ3) is 4.46. The van der Waals surface area contributed by atoms with E-state index in [1.165, 1.54) is 6.07 Å². The molecule has 0 radical (unpaired) electrons. The second-order valence-electron chi connectivity index (χ2n) is 8.69. The number of carboxylic acid groups (broad SMARTS) is 1. The Labute approximate surface area is 208 Å². The molecule has 4 aromatic rings. The Balaban J connectivity index is 1.60. The lowest BCUT2D eigenvalue weighted by Crippen LogP contribution is -2.23. The van der Waals surface area contributed by atoms with E-state index in [4.69, 9.17) is 0 Å². The second kappa shape index (κ2) is 9.73. The number of aromatic nitrogens is 1. The van der Waals surface area contributed by atoms with Crippen LogP contribution >= 0.6 is 11.8 Å². The van der Waals surface area contributed by atoms with E-state index in [1.54, 1.807) is 11.8 Å². The highest BCUT2D eigenvalue weighted by Crippen LogP contribution is 2.42. The quantitative estimate of drug-likeness (QED) is 0.315. The average molecular weight is 511 g/mol. The molecule has 2 N–H and O–H groups in total. The van der Waals surface area contributed by atoms with Crippen LogP contribution in [0.15, 0.2) is 70.5 Å². The van der Waals surface area contributed by atoms with Crippen LogP contribution in [0, 0.1) is 23.4 Å². The zero-order valence-electron chi connectivity index (χ0n) is 18.9. The number of hydrogen-bond donors (Lipinski definition) is 2. The van der Waals surface area contributed by atoms with Crippen molar-refractivity contribution in [2.24, 2.45) is 5.92 Å². The third-order valence-corrected chi connectivity index (χ3v) is 7.61. The Morgan fingerprint density at radius 1 is 1.08 bits per heavy atom. The molecule has 0 spiro atoms. The van der Waals surface area contributed by atoms with Crippen LogP contribution in [0.2, 0.25) is 0 Å². The monoisotopic (exact) mass is 510 g/mol. The standard InChI is InChI=1S/C27H21F3N2O3S/c28-16-6-7-18(21(29)10-16)23-24-19(26(33)20(12-31-24)27(34)35)11-22(30)25(23)32-9-8-15(13-32)14-36-17-4-2-1-3-5-17/h1-7,10-12,15H,8-9,13-14H2,(H,31,33)(H,34,35). The zero-order chi connectivity index (χ0) is 25.4. The number of hydrogen-bond acceptors (Lipinski definition) is 4. The lowest BCUT2D eigenvalue weighted by atomic mass is 9.97. The minimum Gasteiger partial charge on any atom is -0.477 e. The normalized spacial score (nSPS) is 15.5. The number of halogens is 3. The highest BCUT2D eigenvalue weighted by molar-refractivity contribution is 7.99. The summed E-state index contributed by atoms with van der Waals surface area (Å²) in [6.45, 7) is 1.02. The first-order valence-corrected chi connectivity index (χ1v) is 12.3. The van der Waals surface area contributed by atoms with Gasteiger partial charge in [-0.3, -0.25) is 4.79 Å². The minimum atomic E-state index is -1.46. The molecule has 5 nitrogen and oxygen atoms in total. The molecule has 5 rings (SSSR count). The summed E-state index contributed by atoms with van der Waals surface area (Å²) in [4.78, 5) is 30.0. The van der Waals surface area contributed by atoms with Crippen LogP contribution in [-0.2, 0) is 0 Å². The summed E-state index contributed by atoms with van der Waals surface area (Å²) in [6.07, 6.45) is 1.81. The van der Waals surface area contributed by atoms with E-state index in [2.05, 4.69) is 4.98 Å². The maximum absolute atomic E-state index is 15.7. The Morgan fingerprint density at radius 3 is 2.58 bits per heavy atom. The summed E-state index contributed by atoms with van der Waals surface area (Å²) >= 11 is 1.71. The molecule has 184 valence electrons. The van der Waals surface area contributed by atoms with Crippen molar-refractivity contribution in [2.45, 2.75) is 11.3 Å². The van der Waals surface area contributed by atoms with Gasteiger partial charge in [0.15, 0.2) is 0 Å². The molecule has 0 saturated carbocycles. The van der Waals surface area contributed by atoms with Gasteiger partial charge in [0, 0.05) is 47.1 Å². The SMILES string of the molecule is O=C(O)c1c[nH]c2c(-c3ccc(F)cc3F)c(N3CCC(CSc4ccccc4)C3)c(F)cc2c1=O.